The fraction of sp³-hybridized carbons (Fsp3) is 0.500. The number of carbonyl (C=O) groups excluding carboxylic acids is 1. The lowest BCUT2D eigenvalue weighted by atomic mass is 9.98. The van der Waals surface area contributed by atoms with E-state index in [-0.39, 0.29) is 5.97 Å². The Morgan fingerprint density at radius 2 is 2.28 bits per heavy atom. The SMILES string of the molecule is COC(=O)c1cccc(N)c1N1CCCC(C)C1. The van der Waals surface area contributed by atoms with Crippen molar-refractivity contribution < 1.29 is 9.53 Å². The molecule has 4 heteroatoms. The Kier molecular flexibility index (Phi) is 3.75. The maximum atomic E-state index is 11.8. The fourth-order valence-corrected chi connectivity index (χ4v) is 2.58. The molecule has 1 aliphatic rings. The van der Waals surface area contributed by atoms with E-state index in [1.54, 1.807) is 12.1 Å². The monoisotopic (exact) mass is 248 g/mol. The first-order valence-corrected chi connectivity index (χ1v) is 6.35. The molecule has 18 heavy (non-hydrogen) atoms. The molecule has 1 aromatic carbocycles. The number of nitrogens with zero attached hydrogens (tertiary/aromatic N) is 1. The minimum atomic E-state index is -0.324. The van der Waals surface area contributed by atoms with Crippen LogP contribution in [0.5, 0.6) is 0 Å². The zero-order chi connectivity index (χ0) is 13.1. The minimum Gasteiger partial charge on any atom is -0.465 e. The first kappa shape index (κ1) is 12.7. The van der Waals surface area contributed by atoms with Crippen LogP contribution in [0.4, 0.5) is 11.4 Å². The zero-order valence-corrected chi connectivity index (χ0v) is 11.0. The average molecular weight is 248 g/mol. The molecule has 1 unspecified atom stereocenters. The lowest BCUT2D eigenvalue weighted by Crippen LogP contribution is -2.35. The van der Waals surface area contributed by atoms with Crippen molar-refractivity contribution in [1.29, 1.82) is 0 Å². The highest BCUT2D eigenvalue weighted by Gasteiger charge is 2.23. The van der Waals surface area contributed by atoms with Crippen LogP contribution in [0.25, 0.3) is 0 Å². The minimum absolute atomic E-state index is 0.324. The Hall–Kier alpha value is -1.71. The molecule has 0 spiro atoms. The molecule has 0 radical (unpaired) electrons. The molecule has 1 atom stereocenters. The number of benzene rings is 1. The maximum Gasteiger partial charge on any atom is 0.340 e. The normalized spacial score (nSPS) is 19.7. The Bertz CT molecular complexity index is 445. The molecule has 98 valence electrons. The number of nitrogens with two attached hydrogens (primary N) is 1. The van der Waals surface area contributed by atoms with Crippen LogP contribution in [0.1, 0.15) is 30.1 Å². The highest BCUT2D eigenvalue weighted by atomic mass is 16.5. The highest BCUT2D eigenvalue weighted by molar-refractivity contribution is 5.99. The number of ether oxygens (including phenoxy) is 1. The molecule has 0 saturated carbocycles. The quantitative estimate of drug-likeness (QED) is 0.644. The van der Waals surface area contributed by atoms with Crippen LogP contribution in [-0.4, -0.2) is 26.2 Å². The van der Waals surface area contributed by atoms with Gasteiger partial charge in [0.25, 0.3) is 0 Å². The summed E-state index contributed by atoms with van der Waals surface area (Å²) in [4.78, 5) is 14.0. The van der Waals surface area contributed by atoms with Crippen molar-refractivity contribution in [3.8, 4) is 0 Å². The summed E-state index contributed by atoms with van der Waals surface area (Å²) in [6, 6.07) is 5.40. The molecule has 1 aliphatic heterocycles. The van der Waals surface area contributed by atoms with Gasteiger partial charge in [-0.15, -0.1) is 0 Å². The van der Waals surface area contributed by atoms with E-state index in [0.717, 1.165) is 25.2 Å². The lowest BCUT2D eigenvalue weighted by Gasteiger charge is -2.34. The number of rotatable bonds is 2. The number of esters is 1. The third-order valence-corrected chi connectivity index (χ3v) is 3.45. The van der Waals surface area contributed by atoms with Gasteiger partial charge in [-0.05, 0) is 30.9 Å². The first-order chi connectivity index (χ1) is 8.63. The summed E-state index contributed by atoms with van der Waals surface area (Å²) >= 11 is 0. The van der Waals surface area contributed by atoms with Crippen LogP contribution in [-0.2, 0) is 4.74 Å². The van der Waals surface area contributed by atoms with Crippen molar-refractivity contribution in [2.75, 3.05) is 30.8 Å². The molecule has 0 bridgehead atoms. The van der Waals surface area contributed by atoms with Gasteiger partial charge in [0, 0.05) is 13.1 Å². The molecule has 2 N–H and O–H groups in total. The fourth-order valence-electron chi connectivity index (χ4n) is 2.58. The summed E-state index contributed by atoms with van der Waals surface area (Å²) in [5, 5.41) is 0. The van der Waals surface area contributed by atoms with Crippen molar-refractivity contribution in [2.24, 2.45) is 5.92 Å². The van der Waals surface area contributed by atoms with Gasteiger partial charge in [-0.1, -0.05) is 13.0 Å². The van der Waals surface area contributed by atoms with E-state index in [1.807, 2.05) is 6.07 Å². The summed E-state index contributed by atoms with van der Waals surface area (Å²) in [6.45, 7) is 4.11. The van der Waals surface area contributed by atoms with Crippen molar-refractivity contribution >= 4 is 17.3 Å². The number of hydrogen-bond acceptors (Lipinski definition) is 4. The van der Waals surface area contributed by atoms with Crippen molar-refractivity contribution in [1.82, 2.24) is 0 Å². The highest BCUT2D eigenvalue weighted by Crippen LogP contribution is 2.31. The molecule has 1 aromatic rings. The first-order valence-electron chi connectivity index (χ1n) is 6.35. The Morgan fingerprint density at radius 1 is 1.50 bits per heavy atom. The second-order valence-electron chi connectivity index (χ2n) is 4.93. The summed E-state index contributed by atoms with van der Waals surface area (Å²) in [6.07, 6.45) is 2.37. The van der Waals surface area contributed by atoms with Gasteiger partial charge < -0.3 is 15.4 Å². The Labute approximate surface area is 108 Å². The number of piperidine rings is 1. The van der Waals surface area contributed by atoms with Crippen molar-refractivity contribution in [2.45, 2.75) is 19.8 Å². The molecule has 1 fully saturated rings. The van der Waals surface area contributed by atoms with Crippen LogP contribution in [0.2, 0.25) is 0 Å². The molecule has 0 amide bonds. The second kappa shape index (κ2) is 5.29. The summed E-state index contributed by atoms with van der Waals surface area (Å²) < 4.78 is 4.83. The van der Waals surface area contributed by atoms with Crippen LogP contribution in [0, 0.1) is 5.92 Å². The predicted molar refractivity (Wildman–Crippen MR) is 72.8 cm³/mol. The summed E-state index contributed by atoms with van der Waals surface area (Å²) in [7, 11) is 1.40. The second-order valence-corrected chi connectivity index (χ2v) is 4.93. The van der Waals surface area contributed by atoms with E-state index < -0.39 is 0 Å². The van der Waals surface area contributed by atoms with Gasteiger partial charge in [0.05, 0.1) is 24.0 Å². The molecule has 1 saturated heterocycles. The molecule has 0 aromatic heterocycles. The molecule has 0 aliphatic carbocycles. The Morgan fingerprint density at radius 3 is 2.94 bits per heavy atom. The number of nitrogen functional groups attached to an aromatic ring is 1. The van der Waals surface area contributed by atoms with Crippen LogP contribution in [0.15, 0.2) is 18.2 Å². The van der Waals surface area contributed by atoms with Gasteiger partial charge >= 0.3 is 5.97 Å². The molecular formula is C14H20N2O2. The topological polar surface area (TPSA) is 55.6 Å². The third-order valence-electron chi connectivity index (χ3n) is 3.45. The van der Waals surface area contributed by atoms with Gasteiger partial charge in [-0.25, -0.2) is 4.79 Å². The number of para-hydroxylation sites is 1. The number of hydrogen-bond donors (Lipinski definition) is 1. The molecule has 2 rings (SSSR count). The molecule has 1 heterocycles. The van der Waals surface area contributed by atoms with Crippen molar-refractivity contribution in [3.05, 3.63) is 23.8 Å². The lowest BCUT2D eigenvalue weighted by molar-refractivity contribution is 0.0601. The molecular weight excluding hydrogens is 228 g/mol. The van der Waals surface area contributed by atoms with Crippen molar-refractivity contribution in [3.63, 3.8) is 0 Å². The van der Waals surface area contributed by atoms with Crippen LogP contribution < -0.4 is 10.6 Å². The van der Waals surface area contributed by atoms with E-state index in [1.165, 1.54) is 13.5 Å². The zero-order valence-electron chi connectivity index (χ0n) is 11.0. The third kappa shape index (κ3) is 2.42. The van der Waals surface area contributed by atoms with E-state index in [0.29, 0.717) is 17.2 Å². The van der Waals surface area contributed by atoms with Gasteiger partial charge in [-0.2, -0.15) is 0 Å². The summed E-state index contributed by atoms with van der Waals surface area (Å²) in [5.41, 5.74) is 8.08. The summed E-state index contributed by atoms with van der Waals surface area (Å²) in [5.74, 6) is 0.305. The molecule has 4 nitrogen and oxygen atoms in total. The predicted octanol–water partition coefficient (Wildman–Crippen LogP) is 2.29. The van der Waals surface area contributed by atoms with Gasteiger partial charge in [0.2, 0.25) is 0 Å². The van der Waals surface area contributed by atoms with E-state index >= 15 is 0 Å². The number of methoxy groups -OCH3 is 1. The van der Waals surface area contributed by atoms with Crippen LogP contribution >= 0.6 is 0 Å². The van der Waals surface area contributed by atoms with Gasteiger partial charge in [-0.3, -0.25) is 0 Å². The number of anilines is 2. The van der Waals surface area contributed by atoms with Crippen LogP contribution in [0.3, 0.4) is 0 Å². The van der Waals surface area contributed by atoms with E-state index in [9.17, 15) is 4.79 Å². The van der Waals surface area contributed by atoms with Gasteiger partial charge in [0.15, 0.2) is 0 Å². The average Bonchev–Trinajstić information content (AvgIpc) is 2.37. The van der Waals surface area contributed by atoms with E-state index in [2.05, 4.69) is 11.8 Å². The Balaban J connectivity index is 2.38. The maximum absolute atomic E-state index is 11.8. The van der Waals surface area contributed by atoms with E-state index in [4.69, 9.17) is 10.5 Å². The standard InChI is InChI=1S/C14H20N2O2/c1-10-5-4-8-16(9-10)13-11(14(17)18-2)6-3-7-12(13)15/h3,6-7,10H,4-5,8-9,15H2,1-2H3. The number of carbonyl (C=O) groups is 1. The largest absolute Gasteiger partial charge is 0.465 e. The van der Waals surface area contributed by atoms with Gasteiger partial charge in [0.1, 0.15) is 0 Å². The smallest absolute Gasteiger partial charge is 0.340 e.